The van der Waals surface area contributed by atoms with Crippen LogP contribution >= 0.6 is 0 Å². The summed E-state index contributed by atoms with van der Waals surface area (Å²) in [6.45, 7) is 3.80. The third kappa shape index (κ3) is 4.82. The number of aromatic amines is 1. The number of ether oxygens (including phenoxy) is 1. The monoisotopic (exact) mass is 480 g/mol. The van der Waals surface area contributed by atoms with Crippen molar-refractivity contribution in [3.63, 3.8) is 0 Å². The minimum Gasteiger partial charge on any atom is -0.490 e. The fourth-order valence-corrected chi connectivity index (χ4v) is 5.38. The summed E-state index contributed by atoms with van der Waals surface area (Å²) < 4.78 is 6.18. The van der Waals surface area contributed by atoms with E-state index in [2.05, 4.69) is 50.8 Å². The van der Waals surface area contributed by atoms with Crippen LogP contribution in [0.2, 0.25) is 0 Å². The summed E-state index contributed by atoms with van der Waals surface area (Å²) in [7, 11) is 0. The predicted octanol–water partition coefficient (Wildman–Crippen LogP) is 5.50. The highest BCUT2D eigenvalue weighted by Crippen LogP contribution is 2.36. The van der Waals surface area contributed by atoms with Crippen molar-refractivity contribution >= 4 is 28.2 Å². The van der Waals surface area contributed by atoms with E-state index in [9.17, 15) is 4.79 Å². The summed E-state index contributed by atoms with van der Waals surface area (Å²) in [5.74, 6) is 0.820. The second-order valence-electron chi connectivity index (χ2n) is 9.77. The molecule has 1 aromatic heterocycles. The highest BCUT2D eigenvalue weighted by Gasteiger charge is 2.22. The summed E-state index contributed by atoms with van der Waals surface area (Å²) >= 11 is 0. The molecule has 6 heteroatoms. The molecular formula is C30H32N4O2. The Morgan fingerprint density at radius 3 is 2.67 bits per heavy atom. The Morgan fingerprint density at radius 2 is 1.83 bits per heavy atom. The molecule has 2 aliphatic rings. The largest absolute Gasteiger partial charge is 0.490 e. The van der Waals surface area contributed by atoms with Gasteiger partial charge in [0.2, 0.25) is 0 Å². The van der Waals surface area contributed by atoms with Crippen LogP contribution in [0.3, 0.4) is 0 Å². The van der Waals surface area contributed by atoms with E-state index >= 15 is 0 Å². The molecule has 2 aliphatic heterocycles. The Kier molecular flexibility index (Phi) is 6.35. The molecule has 1 saturated heterocycles. The number of fused-ring (bicyclic) bond motifs is 2. The number of H-pyrrole nitrogens is 1. The van der Waals surface area contributed by atoms with Gasteiger partial charge in [0.1, 0.15) is 17.5 Å². The maximum absolute atomic E-state index is 13.2. The number of piperidine rings is 1. The van der Waals surface area contributed by atoms with Gasteiger partial charge in [-0.15, -0.1) is 0 Å². The first-order valence-corrected chi connectivity index (χ1v) is 13.0. The number of carbonyl (C=O) groups is 1. The molecule has 0 unspecified atom stereocenters. The lowest BCUT2D eigenvalue weighted by atomic mass is 9.99. The average Bonchev–Trinajstić information content (AvgIpc) is 3.35. The maximum atomic E-state index is 13.2. The molecule has 36 heavy (non-hydrogen) atoms. The number of nitrogens with one attached hydrogen (secondary N) is 3. The van der Waals surface area contributed by atoms with Crippen LogP contribution in [0, 0.1) is 0 Å². The number of aryl methyl sites for hydroxylation is 1. The quantitative estimate of drug-likeness (QED) is 0.341. The van der Waals surface area contributed by atoms with Crippen LogP contribution in [-0.2, 0) is 13.0 Å². The summed E-state index contributed by atoms with van der Waals surface area (Å²) in [6.07, 6.45) is 4.53. The molecule has 4 aromatic rings. The minimum atomic E-state index is -0.121. The van der Waals surface area contributed by atoms with Gasteiger partial charge in [0.25, 0.3) is 5.91 Å². The zero-order chi connectivity index (χ0) is 24.3. The van der Waals surface area contributed by atoms with Gasteiger partial charge in [0.05, 0.1) is 11.4 Å². The summed E-state index contributed by atoms with van der Waals surface area (Å²) in [6, 6.07) is 24.6. The number of carbonyl (C=O) groups excluding carboxylic acids is 1. The van der Waals surface area contributed by atoms with E-state index in [4.69, 9.17) is 4.74 Å². The number of aromatic nitrogens is 1. The molecule has 3 N–H and O–H groups in total. The Balaban J connectivity index is 1.19. The highest BCUT2D eigenvalue weighted by molar-refractivity contribution is 6.07. The number of benzene rings is 3. The topological polar surface area (TPSA) is 69.4 Å². The second kappa shape index (κ2) is 10.1. The lowest BCUT2D eigenvalue weighted by Crippen LogP contribution is -2.34. The van der Waals surface area contributed by atoms with Gasteiger partial charge in [-0.25, -0.2) is 0 Å². The third-order valence-corrected chi connectivity index (χ3v) is 7.22. The van der Waals surface area contributed by atoms with E-state index in [-0.39, 0.29) is 5.91 Å². The second-order valence-corrected chi connectivity index (χ2v) is 9.77. The van der Waals surface area contributed by atoms with Gasteiger partial charge in [-0.3, -0.25) is 4.79 Å². The normalized spacial score (nSPS) is 16.1. The Bertz CT molecular complexity index is 1320. The Hall–Kier alpha value is -3.77. The number of hydrogen-bond donors (Lipinski definition) is 3. The van der Waals surface area contributed by atoms with Crippen LogP contribution in [0.15, 0.2) is 72.8 Å². The maximum Gasteiger partial charge on any atom is 0.272 e. The molecule has 0 bridgehead atoms. The molecule has 6 nitrogen and oxygen atoms in total. The summed E-state index contributed by atoms with van der Waals surface area (Å²) in [5.41, 5.74) is 6.04. The molecule has 0 spiro atoms. The van der Waals surface area contributed by atoms with Crippen LogP contribution in [0.5, 0.6) is 5.75 Å². The molecular weight excluding hydrogens is 448 g/mol. The van der Waals surface area contributed by atoms with E-state index in [1.807, 2.05) is 42.5 Å². The molecule has 0 atom stereocenters. The predicted molar refractivity (Wildman–Crippen MR) is 145 cm³/mol. The summed E-state index contributed by atoms with van der Waals surface area (Å²) in [4.78, 5) is 18.8. The SMILES string of the molecule is O=C(Nc1cccc2c1N(Cc1ccc(OC3CCNCC3)cc1)CCC2)c1cc2ccccc2[nH]1. The van der Waals surface area contributed by atoms with Gasteiger partial charge in [-0.2, -0.15) is 0 Å². The zero-order valence-corrected chi connectivity index (χ0v) is 20.4. The average molecular weight is 481 g/mol. The Labute approximate surface area is 211 Å². The molecule has 6 rings (SSSR count). The van der Waals surface area contributed by atoms with Gasteiger partial charge >= 0.3 is 0 Å². The van der Waals surface area contributed by atoms with E-state index < -0.39 is 0 Å². The van der Waals surface area contributed by atoms with Crippen molar-refractivity contribution < 1.29 is 9.53 Å². The van der Waals surface area contributed by atoms with Crippen molar-refractivity contribution in [3.8, 4) is 5.75 Å². The lowest BCUT2D eigenvalue weighted by molar-refractivity contribution is 0.102. The molecule has 1 amide bonds. The Morgan fingerprint density at radius 1 is 1.00 bits per heavy atom. The standard InChI is InChI=1S/C30H32N4O2/c35-30(28-19-23-5-1-2-8-26(23)32-28)33-27-9-3-6-22-7-4-18-34(29(22)27)20-21-10-12-24(13-11-21)36-25-14-16-31-17-15-25/h1-3,5-6,8-13,19,25,31-32H,4,7,14-18,20H2,(H,33,35). The van der Waals surface area contributed by atoms with Gasteiger partial charge in [-0.05, 0) is 80.2 Å². The smallest absolute Gasteiger partial charge is 0.272 e. The van der Waals surface area contributed by atoms with E-state index in [1.54, 1.807) is 0 Å². The van der Waals surface area contributed by atoms with E-state index in [1.165, 1.54) is 11.1 Å². The molecule has 184 valence electrons. The van der Waals surface area contributed by atoms with Gasteiger partial charge < -0.3 is 25.3 Å². The van der Waals surface area contributed by atoms with Crippen molar-refractivity contribution in [2.75, 3.05) is 29.9 Å². The van der Waals surface area contributed by atoms with Gasteiger partial charge in [-0.1, -0.05) is 42.5 Å². The van der Waals surface area contributed by atoms with Crippen LogP contribution in [-0.4, -0.2) is 36.6 Å². The highest BCUT2D eigenvalue weighted by atomic mass is 16.5. The fourth-order valence-electron chi connectivity index (χ4n) is 5.38. The van der Waals surface area contributed by atoms with Crippen molar-refractivity contribution in [2.45, 2.75) is 38.3 Å². The van der Waals surface area contributed by atoms with Crippen LogP contribution in [0.25, 0.3) is 10.9 Å². The molecule has 0 aliphatic carbocycles. The first kappa shape index (κ1) is 22.7. The van der Waals surface area contributed by atoms with E-state index in [0.29, 0.717) is 11.8 Å². The first-order chi connectivity index (χ1) is 17.7. The molecule has 3 aromatic carbocycles. The fraction of sp³-hybridized carbons (Fsp3) is 0.300. The number of amides is 1. The minimum absolute atomic E-state index is 0.121. The van der Waals surface area contributed by atoms with Crippen LogP contribution < -0.4 is 20.3 Å². The molecule has 3 heterocycles. The van der Waals surface area contributed by atoms with Crippen molar-refractivity contribution in [2.24, 2.45) is 0 Å². The molecule has 0 radical (unpaired) electrons. The number of hydrogen-bond acceptors (Lipinski definition) is 4. The third-order valence-electron chi connectivity index (χ3n) is 7.22. The lowest BCUT2D eigenvalue weighted by Gasteiger charge is -2.33. The first-order valence-electron chi connectivity index (χ1n) is 13.0. The van der Waals surface area contributed by atoms with Gasteiger partial charge in [0, 0.05) is 24.0 Å². The van der Waals surface area contributed by atoms with Gasteiger partial charge in [0.15, 0.2) is 0 Å². The number of anilines is 2. The van der Waals surface area contributed by atoms with E-state index in [0.717, 1.165) is 79.9 Å². The van der Waals surface area contributed by atoms with Crippen LogP contribution in [0.4, 0.5) is 11.4 Å². The molecule has 0 saturated carbocycles. The summed E-state index contributed by atoms with van der Waals surface area (Å²) in [5, 5.41) is 7.60. The number of para-hydroxylation sites is 2. The molecule has 1 fully saturated rings. The van der Waals surface area contributed by atoms with Crippen molar-refractivity contribution in [1.29, 1.82) is 0 Å². The van der Waals surface area contributed by atoms with Crippen molar-refractivity contribution in [1.82, 2.24) is 10.3 Å². The number of rotatable bonds is 6. The number of nitrogens with zero attached hydrogens (tertiary/aromatic N) is 1. The zero-order valence-electron chi connectivity index (χ0n) is 20.4. The van der Waals surface area contributed by atoms with Crippen LogP contribution in [0.1, 0.15) is 40.9 Å². The van der Waals surface area contributed by atoms with Crippen molar-refractivity contribution in [3.05, 3.63) is 89.6 Å².